The van der Waals surface area contributed by atoms with Crippen LogP contribution in [-0.2, 0) is 10.8 Å². The monoisotopic (exact) mass is 207 g/mol. The summed E-state index contributed by atoms with van der Waals surface area (Å²) in [6, 6.07) is 0. The van der Waals surface area contributed by atoms with Gasteiger partial charge in [-0.15, -0.1) is 0 Å². The zero-order chi connectivity index (χ0) is 10.5. The van der Waals surface area contributed by atoms with Crippen LogP contribution in [0.25, 0.3) is 0 Å². The van der Waals surface area contributed by atoms with Crippen molar-refractivity contribution in [1.82, 2.24) is 5.32 Å². The van der Waals surface area contributed by atoms with Crippen LogP contribution in [0.15, 0.2) is 0 Å². The predicted molar refractivity (Wildman–Crippen MR) is 57.3 cm³/mol. The van der Waals surface area contributed by atoms with Gasteiger partial charge in [-0.2, -0.15) is 0 Å². The summed E-state index contributed by atoms with van der Waals surface area (Å²) in [6.45, 7) is 9.10. The van der Waals surface area contributed by atoms with Gasteiger partial charge in [-0.05, 0) is 27.3 Å². The highest BCUT2D eigenvalue weighted by molar-refractivity contribution is 7.86. The largest absolute Gasteiger partial charge is 0.391 e. The first-order chi connectivity index (χ1) is 5.88. The molecule has 0 rings (SSSR count). The maximum Gasteiger partial charge on any atom is 0.0779 e. The number of nitrogens with one attached hydrogen (secondary N) is 1. The lowest BCUT2D eigenvalue weighted by Gasteiger charge is -2.20. The molecule has 3 nitrogen and oxygen atoms in total. The van der Waals surface area contributed by atoms with Crippen molar-refractivity contribution in [3.05, 3.63) is 0 Å². The topological polar surface area (TPSA) is 49.3 Å². The molecule has 0 aromatic rings. The van der Waals surface area contributed by atoms with Gasteiger partial charge in [0.25, 0.3) is 0 Å². The Kier molecular flexibility index (Phi) is 5.76. The molecule has 2 atom stereocenters. The molecule has 4 heteroatoms. The van der Waals surface area contributed by atoms with Crippen LogP contribution >= 0.6 is 0 Å². The third kappa shape index (κ3) is 6.18. The molecule has 0 aromatic carbocycles. The van der Waals surface area contributed by atoms with Crippen molar-refractivity contribution in [2.24, 2.45) is 0 Å². The van der Waals surface area contributed by atoms with E-state index in [1.165, 1.54) is 0 Å². The molecule has 0 bridgehead atoms. The third-order valence-corrected chi connectivity index (χ3v) is 3.71. The minimum atomic E-state index is -0.961. The Bertz CT molecular complexity index is 165. The summed E-state index contributed by atoms with van der Waals surface area (Å²) in [5.41, 5.74) is 0. The normalized spacial score (nSPS) is 17.0. The van der Waals surface area contributed by atoms with Crippen LogP contribution in [0.5, 0.6) is 0 Å². The van der Waals surface area contributed by atoms with E-state index in [9.17, 15) is 9.32 Å². The first-order valence-corrected chi connectivity index (χ1v) is 5.97. The number of rotatable bonds is 5. The van der Waals surface area contributed by atoms with Crippen LogP contribution < -0.4 is 5.32 Å². The summed E-state index contributed by atoms with van der Waals surface area (Å²) >= 11 is 0. The van der Waals surface area contributed by atoms with Gasteiger partial charge in [0.05, 0.1) is 11.9 Å². The van der Waals surface area contributed by atoms with Crippen molar-refractivity contribution >= 4 is 10.8 Å². The van der Waals surface area contributed by atoms with Crippen molar-refractivity contribution in [3.8, 4) is 0 Å². The number of likely N-dealkylation sites (N-methyl/N-ethyl adjacent to an activating group) is 1. The number of aliphatic hydroxyl groups is 1. The van der Waals surface area contributed by atoms with E-state index in [0.717, 1.165) is 6.54 Å². The van der Waals surface area contributed by atoms with Crippen molar-refractivity contribution in [2.75, 3.05) is 18.8 Å². The van der Waals surface area contributed by atoms with Gasteiger partial charge in [0.1, 0.15) is 0 Å². The van der Waals surface area contributed by atoms with Gasteiger partial charge in [0.2, 0.25) is 0 Å². The van der Waals surface area contributed by atoms with E-state index in [1.807, 2.05) is 27.7 Å². The fourth-order valence-corrected chi connectivity index (χ4v) is 1.76. The average molecular weight is 207 g/mol. The van der Waals surface area contributed by atoms with E-state index >= 15 is 0 Å². The predicted octanol–water partition coefficient (Wildman–Crippen LogP) is 0.504. The van der Waals surface area contributed by atoms with E-state index < -0.39 is 16.9 Å². The molecule has 80 valence electrons. The summed E-state index contributed by atoms with van der Waals surface area (Å²) in [4.78, 5) is 0. The van der Waals surface area contributed by atoms with E-state index in [4.69, 9.17) is 0 Å². The molecular formula is C9H21NO2S. The molecule has 0 spiro atoms. The zero-order valence-electron chi connectivity index (χ0n) is 8.96. The van der Waals surface area contributed by atoms with Crippen LogP contribution in [0, 0.1) is 0 Å². The summed E-state index contributed by atoms with van der Waals surface area (Å²) in [6.07, 6.45) is -0.500. The van der Waals surface area contributed by atoms with Crippen molar-refractivity contribution in [1.29, 1.82) is 0 Å². The summed E-state index contributed by atoms with van der Waals surface area (Å²) in [7, 11) is -0.961. The Morgan fingerprint density at radius 3 is 2.38 bits per heavy atom. The van der Waals surface area contributed by atoms with Crippen molar-refractivity contribution in [2.45, 2.75) is 38.5 Å². The molecule has 0 aliphatic carbocycles. The van der Waals surface area contributed by atoms with Gasteiger partial charge in [-0.3, -0.25) is 4.21 Å². The summed E-state index contributed by atoms with van der Waals surface area (Å²) in [5, 5.41) is 12.5. The molecule has 0 fully saturated rings. The number of aliphatic hydroxyl groups excluding tert-OH is 1. The lowest BCUT2D eigenvalue weighted by atomic mass is 10.3. The second-order valence-corrected chi connectivity index (χ2v) is 6.34. The van der Waals surface area contributed by atoms with E-state index in [0.29, 0.717) is 12.3 Å². The van der Waals surface area contributed by atoms with Crippen LogP contribution in [0.2, 0.25) is 0 Å². The molecule has 2 unspecified atom stereocenters. The molecule has 0 saturated carbocycles. The van der Waals surface area contributed by atoms with Crippen LogP contribution in [0.3, 0.4) is 0 Å². The molecular weight excluding hydrogens is 186 g/mol. The molecule has 0 saturated heterocycles. The quantitative estimate of drug-likeness (QED) is 0.690. The maximum absolute atomic E-state index is 11.6. The smallest absolute Gasteiger partial charge is 0.0779 e. The minimum Gasteiger partial charge on any atom is -0.391 e. The van der Waals surface area contributed by atoms with E-state index in [1.54, 1.807) is 0 Å². The summed E-state index contributed by atoms with van der Waals surface area (Å²) in [5.74, 6) is 0.358. The minimum absolute atomic E-state index is 0.229. The standard InChI is InChI=1S/C9H21NO2S/c1-5-10-6-8(11)7-13(12)9(2,3)4/h8,10-11H,5-7H2,1-4H3. The fraction of sp³-hybridized carbons (Fsp3) is 1.00. The lowest BCUT2D eigenvalue weighted by molar-refractivity contribution is 0.195. The number of hydrogen-bond acceptors (Lipinski definition) is 3. The Labute approximate surface area is 83.4 Å². The van der Waals surface area contributed by atoms with Gasteiger partial charge in [-0.25, -0.2) is 0 Å². The molecule has 0 aliphatic rings. The Morgan fingerprint density at radius 2 is 2.00 bits per heavy atom. The number of hydrogen-bond donors (Lipinski definition) is 2. The second kappa shape index (κ2) is 5.73. The Balaban J connectivity index is 3.79. The zero-order valence-corrected chi connectivity index (χ0v) is 9.78. The van der Waals surface area contributed by atoms with E-state index in [2.05, 4.69) is 5.32 Å². The molecule has 0 aromatic heterocycles. The average Bonchev–Trinajstić information content (AvgIpc) is 1.99. The van der Waals surface area contributed by atoms with Crippen LogP contribution in [-0.4, -0.2) is 39.0 Å². The van der Waals surface area contributed by atoms with Crippen LogP contribution in [0.4, 0.5) is 0 Å². The highest BCUT2D eigenvalue weighted by Gasteiger charge is 2.21. The lowest BCUT2D eigenvalue weighted by Crippen LogP contribution is -2.35. The third-order valence-electron chi connectivity index (χ3n) is 1.66. The van der Waals surface area contributed by atoms with Gasteiger partial charge in [0.15, 0.2) is 0 Å². The first-order valence-electron chi connectivity index (χ1n) is 4.65. The van der Waals surface area contributed by atoms with Crippen molar-refractivity contribution in [3.63, 3.8) is 0 Å². The van der Waals surface area contributed by atoms with E-state index in [-0.39, 0.29) is 4.75 Å². The highest BCUT2D eigenvalue weighted by atomic mass is 32.2. The highest BCUT2D eigenvalue weighted by Crippen LogP contribution is 2.11. The Morgan fingerprint density at radius 1 is 1.46 bits per heavy atom. The first kappa shape index (κ1) is 13.1. The molecule has 0 aliphatic heterocycles. The molecule has 13 heavy (non-hydrogen) atoms. The van der Waals surface area contributed by atoms with Gasteiger partial charge in [0, 0.05) is 22.1 Å². The van der Waals surface area contributed by atoms with Crippen LogP contribution in [0.1, 0.15) is 27.7 Å². The molecule has 0 radical (unpaired) electrons. The Hall–Kier alpha value is 0.0700. The van der Waals surface area contributed by atoms with Gasteiger partial charge < -0.3 is 10.4 Å². The van der Waals surface area contributed by atoms with Gasteiger partial charge >= 0.3 is 0 Å². The fourth-order valence-electron chi connectivity index (χ4n) is 0.795. The van der Waals surface area contributed by atoms with Gasteiger partial charge in [-0.1, -0.05) is 6.92 Å². The second-order valence-electron chi connectivity index (χ2n) is 4.09. The molecule has 0 heterocycles. The molecule has 0 amide bonds. The van der Waals surface area contributed by atoms with Crippen molar-refractivity contribution < 1.29 is 9.32 Å². The SMILES string of the molecule is CCNCC(O)CS(=O)C(C)(C)C. The maximum atomic E-state index is 11.6. The summed E-state index contributed by atoms with van der Waals surface area (Å²) < 4.78 is 11.3. The molecule has 2 N–H and O–H groups in total.